The number of thioether (sulfide) groups is 1. The van der Waals surface area contributed by atoms with E-state index in [4.69, 9.17) is 4.74 Å². The molecule has 1 unspecified atom stereocenters. The van der Waals surface area contributed by atoms with Crippen LogP contribution in [0.2, 0.25) is 0 Å². The van der Waals surface area contributed by atoms with E-state index in [0.717, 1.165) is 12.3 Å². The molecule has 1 aromatic rings. The molecular weight excluding hydrogens is 282 g/mol. The lowest BCUT2D eigenvalue weighted by molar-refractivity contribution is -0.384. The lowest BCUT2D eigenvalue weighted by Crippen LogP contribution is -2.46. The SMILES string of the molecule is COc1cc([N+](=O)[O-])ccc1NC(=O)C1CSCCN1. The van der Waals surface area contributed by atoms with E-state index in [9.17, 15) is 14.9 Å². The number of hydrogen-bond donors (Lipinski definition) is 2. The van der Waals surface area contributed by atoms with Gasteiger partial charge in [-0.3, -0.25) is 14.9 Å². The average molecular weight is 297 g/mol. The van der Waals surface area contributed by atoms with Gasteiger partial charge in [-0.05, 0) is 6.07 Å². The van der Waals surface area contributed by atoms with Gasteiger partial charge < -0.3 is 15.4 Å². The van der Waals surface area contributed by atoms with Crippen molar-refractivity contribution < 1.29 is 14.5 Å². The number of anilines is 1. The van der Waals surface area contributed by atoms with Crippen LogP contribution >= 0.6 is 11.8 Å². The van der Waals surface area contributed by atoms with Crippen LogP contribution in [0, 0.1) is 10.1 Å². The summed E-state index contributed by atoms with van der Waals surface area (Å²) in [6, 6.07) is 3.85. The lowest BCUT2D eigenvalue weighted by atomic mass is 10.2. The molecule has 1 aromatic carbocycles. The summed E-state index contributed by atoms with van der Waals surface area (Å²) in [5, 5.41) is 16.6. The third-order valence-electron chi connectivity index (χ3n) is 2.89. The van der Waals surface area contributed by atoms with Crippen LogP contribution in [0.25, 0.3) is 0 Å². The van der Waals surface area contributed by atoms with Crippen LogP contribution in [0.3, 0.4) is 0 Å². The Morgan fingerprint density at radius 2 is 2.40 bits per heavy atom. The van der Waals surface area contributed by atoms with Gasteiger partial charge in [0.15, 0.2) is 0 Å². The van der Waals surface area contributed by atoms with Gasteiger partial charge >= 0.3 is 0 Å². The monoisotopic (exact) mass is 297 g/mol. The van der Waals surface area contributed by atoms with E-state index in [1.54, 1.807) is 11.8 Å². The molecular formula is C12H15N3O4S. The molecule has 1 saturated heterocycles. The van der Waals surface area contributed by atoms with Crippen LogP contribution < -0.4 is 15.4 Å². The van der Waals surface area contributed by atoms with Gasteiger partial charge in [0.1, 0.15) is 5.75 Å². The molecule has 1 atom stereocenters. The van der Waals surface area contributed by atoms with Gasteiger partial charge in [0.05, 0.1) is 29.8 Å². The Bertz CT molecular complexity index is 517. The Hall–Kier alpha value is -1.80. The number of non-ortho nitro benzene ring substituents is 1. The average Bonchev–Trinajstić information content (AvgIpc) is 2.48. The van der Waals surface area contributed by atoms with Crippen molar-refractivity contribution in [2.24, 2.45) is 0 Å². The maximum absolute atomic E-state index is 12.1. The molecule has 0 saturated carbocycles. The summed E-state index contributed by atoms with van der Waals surface area (Å²) in [5.74, 6) is 1.81. The zero-order chi connectivity index (χ0) is 14.5. The summed E-state index contributed by atoms with van der Waals surface area (Å²) in [7, 11) is 1.41. The first kappa shape index (κ1) is 14.6. The Labute approximate surface area is 120 Å². The molecule has 0 aromatic heterocycles. The van der Waals surface area contributed by atoms with Gasteiger partial charge in [0, 0.05) is 24.1 Å². The molecule has 2 rings (SSSR count). The van der Waals surface area contributed by atoms with Gasteiger partial charge in [0.25, 0.3) is 5.69 Å². The molecule has 0 aliphatic carbocycles. The number of amides is 1. The second kappa shape index (κ2) is 6.58. The first-order valence-electron chi connectivity index (χ1n) is 6.06. The molecule has 2 N–H and O–H groups in total. The van der Waals surface area contributed by atoms with Crippen LogP contribution in [0.4, 0.5) is 11.4 Å². The Morgan fingerprint density at radius 3 is 3.00 bits per heavy atom. The van der Waals surface area contributed by atoms with Crippen molar-refractivity contribution in [2.45, 2.75) is 6.04 Å². The molecule has 0 radical (unpaired) electrons. The van der Waals surface area contributed by atoms with E-state index in [2.05, 4.69) is 10.6 Å². The largest absolute Gasteiger partial charge is 0.494 e. The fourth-order valence-electron chi connectivity index (χ4n) is 1.85. The smallest absolute Gasteiger partial charge is 0.273 e. The number of nitrogens with one attached hydrogen (secondary N) is 2. The highest BCUT2D eigenvalue weighted by Crippen LogP contribution is 2.29. The van der Waals surface area contributed by atoms with Crippen molar-refractivity contribution in [3.8, 4) is 5.75 Å². The van der Waals surface area contributed by atoms with Crippen molar-refractivity contribution in [3.05, 3.63) is 28.3 Å². The van der Waals surface area contributed by atoms with Crippen LogP contribution in [-0.4, -0.2) is 42.0 Å². The fraction of sp³-hybridized carbons (Fsp3) is 0.417. The molecule has 1 fully saturated rings. The molecule has 1 amide bonds. The maximum atomic E-state index is 12.1. The fourth-order valence-corrected chi connectivity index (χ4v) is 2.78. The molecule has 20 heavy (non-hydrogen) atoms. The first-order chi connectivity index (χ1) is 9.61. The van der Waals surface area contributed by atoms with Crippen molar-refractivity contribution in [2.75, 3.05) is 30.5 Å². The second-order valence-corrected chi connectivity index (χ2v) is 5.36. The summed E-state index contributed by atoms with van der Waals surface area (Å²) in [4.78, 5) is 22.3. The van der Waals surface area contributed by atoms with Crippen molar-refractivity contribution in [3.63, 3.8) is 0 Å². The third kappa shape index (κ3) is 3.40. The minimum Gasteiger partial charge on any atom is -0.494 e. The summed E-state index contributed by atoms with van der Waals surface area (Å²) < 4.78 is 5.08. The molecule has 7 nitrogen and oxygen atoms in total. The van der Waals surface area contributed by atoms with Crippen molar-refractivity contribution >= 4 is 29.0 Å². The summed E-state index contributed by atoms with van der Waals surface area (Å²) >= 11 is 1.71. The highest BCUT2D eigenvalue weighted by molar-refractivity contribution is 7.99. The number of benzene rings is 1. The minimum atomic E-state index is -0.506. The third-order valence-corrected chi connectivity index (χ3v) is 3.95. The van der Waals surface area contributed by atoms with Gasteiger partial charge in [-0.1, -0.05) is 0 Å². The topological polar surface area (TPSA) is 93.5 Å². The molecule has 1 aliphatic heterocycles. The van der Waals surface area contributed by atoms with Crippen LogP contribution in [0.5, 0.6) is 5.75 Å². The Balaban J connectivity index is 2.11. The molecule has 0 bridgehead atoms. The first-order valence-corrected chi connectivity index (χ1v) is 7.21. The number of rotatable bonds is 4. The highest BCUT2D eigenvalue weighted by atomic mass is 32.2. The van der Waals surface area contributed by atoms with Crippen LogP contribution in [0.15, 0.2) is 18.2 Å². The van der Waals surface area contributed by atoms with E-state index >= 15 is 0 Å². The second-order valence-electron chi connectivity index (χ2n) is 4.21. The van der Waals surface area contributed by atoms with Crippen LogP contribution in [0.1, 0.15) is 0 Å². The van der Waals surface area contributed by atoms with E-state index in [1.165, 1.54) is 25.3 Å². The Morgan fingerprint density at radius 1 is 1.60 bits per heavy atom. The number of ether oxygens (including phenoxy) is 1. The van der Waals surface area contributed by atoms with E-state index in [0.29, 0.717) is 11.4 Å². The number of carbonyl (C=O) groups is 1. The number of hydrogen-bond acceptors (Lipinski definition) is 6. The number of nitro benzene ring substituents is 1. The zero-order valence-electron chi connectivity index (χ0n) is 10.9. The predicted molar refractivity (Wildman–Crippen MR) is 77.4 cm³/mol. The zero-order valence-corrected chi connectivity index (χ0v) is 11.7. The molecule has 0 spiro atoms. The Kier molecular flexibility index (Phi) is 4.80. The highest BCUT2D eigenvalue weighted by Gasteiger charge is 2.22. The number of nitro groups is 1. The predicted octanol–water partition coefficient (Wildman–Crippen LogP) is 1.25. The molecule has 1 aliphatic rings. The quantitative estimate of drug-likeness (QED) is 0.641. The van der Waals surface area contributed by atoms with E-state index in [-0.39, 0.29) is 23.4 Å². The normalized spacial score (nSPS) is 18.4. The van der Waals surface area contributed by atoms with Gasteiger partial charge in [-0.15, -0.1) is 0 Å². The van der Waals surface area contributed by atoms with Gasteiger partial charge in [0.2, 0.25) is 5.91 Å². The van der Waals surface area contributed by atoms with E-state index < -0.39 is 4.92 Å². The molecule has 1 heterocycles. The summed E-state index contributed by atoms with van der Waals surface area (Å²) in [6.07, 6.45) is 0. The van der Waals surface area contributed by atoms with Crippen LogP contribution in [-0.2, 0) is 4.79 Å². The standard InChI is InChI=1S/C12H15N3O4S/c1-19-11-6-8(15(17)18)2-3-9(11)14-12(16)10-7-20-5-4-13-10/h2-3,6,10,13H,4-5,7H2,1H3,(H,14,16). The van der Waals surface area contributed by atoms with Gasteiger partial charge in [-0.25, -0.2) is 0 Å². The molecule has 8 heteroatoms. The number of nitrogens with zero attached hydrogens (tertiary/aromatic N) is 1. The maximum Gasteiger partial charge on any atom is 0.273 e. The number of carbonyl (C=O) groups excluding carboxylic acids is 1. The van der Waals surface area contributed by atoms with E-state index in [1.807, 2.05) is 0 Å². The van der Waals surface area contributed by atoms with Crippen molar-refractivity contribution in [1.29, 1.82) is 0 Å². The lowest BCUT2D eigenvalue weighted by Gasteiger charge is -2.22. The summed E-state index contributed by atoms with van der Waals surface area (Å²) in [5.41, 5.74) is 0.353. The summed E-state index contributed by atoms with van der Waals surface area (Å²) in [6.45, 7) is 0.792. The minimum absolute atomic E-state index is 0.0776. The van der Waals surface area contributed by atoms with Crippen molar-refractivity contribution in [1.82, 2.24) is 5.32 Å². The molecule has 108 valence electrons. The number of methoxy groups -OCH3 is 1. The van der Waals surface area contributed by atoms with Gasteiger partial charge in [-0.2, -0.15) is 11.8 Å².